The molecule has 2 heterocycles. The van der Waals surface area contributed by atoms with Crippen LogP contribution in [0, 0.1) is 0 Å². The van der Waals surface area contributed by atoms with E-state index in [-0.39, 0.29) is 18.1 Å². The Balaban J connectivity index is 1.94. The van der Waals surface area contributed by atoms with E-state index in [4.69, 9.17) is 0 Å². The molecule has 7 heteroatoms. The zero-order valence-corrected chi connectivity index (χ0v) is 11.4. The summed E-state index contributed by atoms with van der Waals surface area (Å²) in [5.74, 6) is -0.414. The SMILES string of the molecule is CS(=O)(=O)CCC(=O)NCc1cnc2ccccn12. The van der Waals surface area contributed by atoms with Crippen LogP contribution in [-0.4, -0.2) is 35.7 Å². The number of amides is 1. The molecule has 0 unspecified atom stereocenters. The Morgan fingerprint density at radius 3 is 2.95 bits per heavy atom. The topological polar surface area (TPSA) is 80.5 Å². The normalized spacial score (nSPS) is 11.6. The summed E-state index contributed by atoms with van der Waals surface area (Å²) in [5.41, 5.74) is 1.66. The third kappa shape index (κ3) is 3.78. The molecular weight excluding hydrogens is 266 g/mol. The van der Waals surface area contributed by atoms with Crippen LogP contribution in [0.1, 0.15) is 12.1 Å². The standard InChI is InChI=1S/C12H15N3O3S/c1-19(17,18)7-5-12(16)14-9-10-8-13-11-4-2-3-6-15(10)11/h2-4,6,8H,5,7,9H2,1H3,(H,14,16). The van der Waals surface area contributed by atoms with E-state index in [9.17, 15) is 13.2 Å². The second-order valence-corrected chi connectivity index (χ2v) is 6.59. The van der Waals surface area contributed by atoms with Crippen molar-refractivity contribution in [3.8, 4) is 0 Å². The third-order valence-corrected chi connectivity index (χ3v) is 3.61. The number of sulfone groups is 1. The highest BCUT2D eigenvalue weighted by Crippen LogP contribution is 2.05. The molecule has 2 aromatic heterocycles. The molecule has 0 aliphatic carbocycles. The number of pyridine rings is 1. The van der Waals surface area contributed by atoms with Crippen molar-refractivity contribution in [3.63, 3.8) is 0 Å². The number of hydrogen-bond donors (Lipinski definition) is 1. The van der Waals surface area contributed by atoms with Crippen LogP contribution < -0.4 is 5.32 Å². The molecule has 0 aromatic carbocycles. The van der Waals surface area contributed by atoms with E-state index in [0.717, 1.165) is 17.6 Å². The first-order valence-electron chi connectivity index (χ1n) is 5.81. The molecule has 0 fully saturated rings. The van der Waals surface area contributed by atoms with Crippen LogP contribution in [0.4, 0.5) is 0 Å². The average Bonchev–Trinajstić information content (AvgIpc) is 2.76. The van der Waals surface area contributed by atoms with Gasteiger partial charge in [-0.15, -0.1) is 0 Å². The molecule has 0 atom stereocenters. The molecule has 1 N–H and O–H groups in total. The summed E-state index contributed by atoms with van der Waals surface area (Å²) in [7, 11) is -3.10. The first kappa shape index (κ1) is 13.5. The number of rotatable bonds is 5. The molecule has 0 bridgehead atoms. The number of carbonyl (C=O) groups is 1. The van der Waals surface area contributed by atoms with Gasteiger partial charge in [0, 0.05) is 18.9 Å². The van der Waals surface area contributed by atoms with Gasteiger partial charge in [-0.3, -0.25) is 4.79 Å². The van der Waals surface area contributed by atoms with Crippen LogP contribution in [0.25, 0.3) is 5.65 Å². The van der Waals surface area contributed by atoms with Crippen LogP contribution in [0.2, 0.25) is 0 Å². The minimum absolute atomic E-state index is 0.0183. The fourth-order valence-corrected chi connectivity index (χ4v) is 2.23. The molecule has 0 saturated carbocycles. The summed E-state index contributed by atoms with van der Waals surface area (Å²) in [6, 6.07) is 5.63. The maximum absolute atomic E-state index is 11.5. The van der Waals surface area contributed by atoms with Gasteiger partial charge in [-0.05, 0) is 12.1 Å². The number of fused-ring (bicyclic) bond motifs is 1. The third-order valence-electron chi connectivity index (χ3n) is 2.66. The number of nitrogens with one attached hydrogen (secondary N) is 1. The zero-order valence-electron chi connectivity index (χ0n) is 10.5. The smallest absolute Gasteiger partial charge is 0.221 e. The lowest BCUT2D eigenvalue weighted by molar-refractivity contribution is -0.120. The Hall–Kier alpha value is -1.89. The average molecular weight is 281 g/mol. The van der Waals surface area contributed by atoms with Crippen molar-refractivity contribution in [1.29, 1.82) is 0 Å². The number of imidazole rings is 1. The first-order chi connectivity index (χ1) is 8.96. The van der Waals surface area contributed by atoms with Crippen molar-refractivity contribution in [3.05, 3.63) is 36.3 Å². The lowest BCUT2D eigenvalue weighted by Crippen LogP contribution is -2.25. The van der Waals surface area contributed by atoms with Crippen LogP contribution in [0.3, 0.4) is 0 Å². The van der Waals surface area contributed by atoms with Gasteiger partial charge in [-0.1, -0.05) is 6.07 Å². The lowest BCUT2D eigenvalue weighted by atomic mass is 10.4. The Morgan fingerprint density at radius 2 is 2.21 bits per heavy atom. The van der Waals surface area contributed by atoms with E-state index in [0.29, 0.717) is 6.54 Å². The largest absolute Gasteiger partial charge is 0.350 e. The summed E-state index contributed by atoms with van der Waals surface area (Å²) in [5, 5.41) is 2.69. The van der Waals surface area contributed by atoms with Crippen LogP contribution >= 0.6 is 0 Å². The van der Waals surface area contributed by atoms with Gasteiger partial charge in [0.1, 0.15) is 15.5 Å². The molecule has 0 saturated heterocycles. The minimum Gasteiger partial charge on any atom is -0.350 e. The molecule has 0 spiro atoms. The number of nitrogens with zero attached hydrogens (tertiary/aromatic N) is 2. The molecule has 102 valence electrons. The van der Waals surface area contributed by atoms with Gasteiger partial charge in [0.15, 0.2) is 0 Å². The molecule has 0 radical (unpaired) electrons. The number of aromatic nitrogens is 2. The fourth-order valence-electron chi connectivity index (χ4n) is 1.67. The molecule has 2 aromatic rings. The minimum atomic E-state index is -3.10. The Bertz CT molecular complexity index is 691. The second-order valence-electron chi connectivity index (χ2n) is 4.33. The van der Waals surface area contributed by atoms with Gasteiger partial charge in [0.25, 0.3) is 0 Å². The Morgan fingerprint density at radius 1 is 1.42 bits per heavy atom. The van der Waals surface area contributed by atoms with Crippen LogP contribution in [-0.2, 0) is 21.2 Å². The predicted molar refractivity (Wildman–Crippen MR) is 71.4 cm³/mol. The summed E-state index contributed by atoms with van der Waals surface area (Å²) >= 11 is 0. The van der Waals surface area contributed by atoms with Crippen molar-refractivity contribution in [2.24, 2.45) is 0 Å². The quantitative estimate of drug-likeness (QED) is 0.859. The van der Waals surface area contributed by atoms with Gasteiger partial charge in [-0.25, -0.2) is 13.4 Å². The van der Waals surface area contributed by atoms with E-state index < -0.39 is 9.84 Å². The maximum atomic E-state index is 11.5. The summed E-state index contributed by atoms with van der Waals surface area (Å²) in [4.78, 5) is 15.7. The Labute approximate surface area is 111 Å². The van der Waals surface area contributed by atoms with Crippen molar-refractivity contribution >= 4 is 21.4 Å². The van der Waals surface area contributed by atoms with E-state index >= 15 is 0 Å². The molecule has 0 aliphatic heterocycles. The van der Waals surface area contributed by atoms with Crippen molar-refractivity contribution in [1.82, 2.24) is 14.7 Å². The van der Waals surface area contributed by atoms with E-state index in [1.165, 1.54) is 0 Å². The predicted octanol–water partition coefficient (Wildman–Crippen LogP) is 0.385. The molecule has 6 nitrogen and oxygen atoms in total. The zero-order chi connectivity index (χ0) is 13.9. The van der Waals surface area contributed by atoms with Gasteiger partial charge in [0.05, 0.1) is 24.2 Å². The van der Waals surface area contributed by atoms with Gasteiger partial charge >= 0.3 is 0 Å². The van der Waals surface area contributed by atoms with E-state index in [1.807, 2.05) is 28.8 Å². The molecular formula is C12H15N3O3S. The fraction of sp³-hybridized carbons (Fsp3) is 0.333. The molecule has 1 amide bonds. The van der Waals surface area contributed by atoms with Crippen molar-refractivity contribution in [2.75, 3.05) is 12.0 Å². The highest BCUT2D eigenvalue weighted by molar-refractivity contribution is 7.90. The van der Waals surface area contributed by atoms with Crippen molar-refractivity contribution in [2.45, 2.75) is 13.0 Å². The van der Waals surface area contributed by atoms with Gasteiger partial charge in [0.2, 0.25) is 5.91 Å². The monoisotopic (exact) mass is 281 g/mol. The molecule has 2 rings (SSSR count). The van der Waals surface area contributed by atoms with Crippen LogP contribution in [0.5, 0.6) is 0 Å². The van der Waals surface area contributed by atoms with Crippen molar-refractivity contribution < 1.29 is 13.2 Å². The molecule has 19 heavy (non-hydrogen) atoms. The van der Waals surface area contributed by atoms with Gasteiger partial charge in [-0.2, -0.15) is 0 Å². The first-order valence-corrected chi connectivity index (χ1v) is 7.87. The highest BCUT2D eigenvalue weighted by Gasteiger charge is 2.09. The highest BCUT2D eigenvalue weighted by atomic mass is 32.2. The van der Waals surface area contributed by atoms with Gasteiger partial charge < -0.3 is 9.72 Å². The number of hydrogen-bond acceptors (Lipinski definition) is 4. The molecule has 0 aliphatic rings. The van der Waals surface area contributed by atoms with E-state index in [1.54, 1.807) is 6.20 Å². The lowest BCUT2D eigenvalue weighted by Gasteiger charge is -2.04. The number of carbonyl (C=O) groups excluding carboxylic acids is 1. The summed E-state index contributed by atoms with van der Waals surface area (Å²) < 4.78 is 23.8. The van der Waals surface area contributed by atoms with Crippen LogP contribution in [0.15, 0.2) is 30.6 Å². The maximum Gasteiger partial charge on any atom is 0.221 e. The van der Waals surface area contributed by atoms with E-state index in [2.05, 4.69) is 10.3 Å². The summed E-state index contributed by atoms with van der Waals surface area (Å²) in [6.45, 7) is 0.327. The summed E-state index contributed by atoms with van der Waals surface area (Å²) in [6.07, 6.45) is 4.65. The second kappa shape index (κ2) is 5.40. The Kier molecular flexibility index (Phi) is 3.84.